The van der Waals surface area contributed by atoms with Crippen LogP contribution in [0.25, 0.3) is 0 Å². The molecule has 1 amide bonds. The maximum atomic E-state index is 12.4. The molecule has 4 nitrogen and oxygen atoms in total. The average molecular weight is 291 g/mol. The number of thioether (sulfide) groups is 1. The van der Waals surface area contributed by atoms with Crippen LogP contribution in [0.5, 0.6) is 0 Å². The third-order valence-electron chi connectivity index (χ3n) is 3.98. The predicted octanol–water partition coefficient (Wildman–Crippen LogP) is 2.17. The van der Waals surface area contributed by atoms with E-state index in [-0.39, 0.29) is 11.2 Å². The average Bonchev–Trinajstić information content (AvgIpc) is 2.99. The molecule has 20 heavy (non-hydrogen) atoms. The Hall–Kier alpha value is -1.49. The van der Waals surface area contributed by atoms with Crippen molar-refractivity contribution in [3.05, 3.63) is 34.9 Å². The Morgan fingerprint density at radius 2 is 2.15 bits per heavy atom. The van der Waals surface area contributed by atoms with E-state index >= 15 is 0 Å². The van der Waals surface area contributed by atoms with Crippen LogP contribution in [0.3, 0.4) is 0 Å². The molecule has 2 heterocycles. The minimum atomic E-state index is -0.914. The quantitative estimate of drug-likeness (QED) is 0.907. The summed E-state index contributed by atoms with van der Waals surface area (Å²) in [5.74, 6) is 0.380. The first-order chi connectivity index (χ1) is 9.65. The maximum Gasteiger partial charge on any atom is 0.335 e. The van der Waals surface area contributed by atoms with Crippen molar-refractivity contribution in [3.63, 3.8) is 0 Å². The van der Waals surface area contributed by atoms with Crippen LogP contribution < -0.4 is 0 Å². The van der Waals surface area contributed by atoms with E-state index in [1.165, 1.54) is 0 Å². The number of rotatable bonds is 2. The summed E-state index contributed by atoms with van der Waals surface area (Å²) < 4.78 is 0. The molecule has 2 aliphatic heterocycles. The molecule has 1 saturated heterocycles. The molecule has 1 aromatic rings. The summed E-state index contributed by atoms with van der Waals surface area (Å²) in [6.45, 7) is 1.29. The lowest BCUT2D eigenvalue weighted by molar-refractivity contribution is -0.131. The molecular formula is C15H17NO3S. The number of nitrogens with zero attached hydrogens (tertiary/aromatic N) is 1. The Morgan fingerprint density at radius 3 is 2.85 bits per heavy atom. The fraction of sp³-hybridized carbons (Fsp3) is 0.467. The van der Waals surface area contributed by atoms with Crippen LogP contribution in [-0.4, -0.2) is 39.4 Å². The van der Waals surface area contributed by atoms with Gasteiger partial charge in [-0.2, -0.15) is 0 Å². The minimum absolute atomic E-state index is 0.110. The van der Waals surface area contributed by atoms with E-state index < -0.39 is 5.97 Å². The zero-order valence-corrected chi connectivity index (χ0v) is 12.0. The molecule has 0 aromatic heterocycles. The first kappa shape index (κ1) is 13.5. The van der Waals surface area contributed by atoms with Gasteiger partial charge in [-0.25, -0.2) is 4.79 Å². The van der Waals surface area contributed by atoms with Crippen LogP contribution in [-0.2, 0) is 17.8 Å². The van der Waals surface area contributed by atoms with Crippen LogP contribution in [0.15, 0.2) is 18.2 Å². The summed E-state index contributed by atoms with van der Waals surface area (Å²) in [6.07, 6.45) is 2.91. The van der Waals surface area contributed by atoms with E-state index in [0.717, 1.165) is 42.7 Å². The maximum absolute atomic E-state index is 12.4. The molecule has 0 bridgehead atoms. The Kier molecular flexibility index (Phi) is 3.70. The Morgan fingerprint density at radius 1 is 1.30 bits per heavy atom. The second-order valence-corrected chi connectivity index (χ2v) is 6.61. The van der Waals surface area contributed by atoms with E-state index in [9.17, 15) is 9.59 Å². The van der Waals surface area contributed by atoms with Crippen molar-refractivity contribution in [3.8, 4) is 0 Å². The number of carbonyl (C=O) groups is 2. The number of benzene rings is 1. The largest absolute Gasteiger partial charge is 0.478 e. The zero-order valence-electron chi connectivity index (χ0n) is 11.2. The van der Waals surface area contributed by atoms with Gasteiger partial charge in [0.25, 0.3) is 0 Å². The lowest BCUT2D eigenvalue weighted by Gasteiger charge is -2.30. The number of carboxylic acid groups (broad SMARTS) is 1. The summed E-state index contributed by atoms with van der Waals surface area (Å²) in [6, 6.07) is 5.23. The molecule has 1 atom stereocenters. The molecule has 5 heteroatoms. The van der Waals surface area contributed by atoms with E-state index in [4.69, 9.17) is 5.11 Å². The van der Waals surface area contributed by atoms with Gasteiger partial charge in [0, 0.05) is 13.1 Å². The second-order valence-electron chi connectivity index (χ2n) is 5.30. The Bertz CT molecular complexity index is 552. The molecule has 3 rings (SSSR count). The Balaban J connectivity index is 1.78. The van der Waals surface area contributed by atoms with Gasteiger partial charge in [-0.1, -0.05) is 6.07 Å². The summed E-state index contributed by atoms with van der Waals surface area (Å²) in [7, 11) is 0. The highest BCUT2D eigenvalue weighted by Gasteiger charge is 2.30. The Labute approximate surface area is 122 Å². The van der Waals surface area contributed by atoms with Gasteiger partial charge in [-0.3, -0.25) is 4.79 Å². The normalized spacial score (nSPS) is 21.6. The molecule has 1 N–H and O–H groups in total. The highest BCUT2D eigenvalue weighted by Crippen LogP contribution is 2.29. The number of amides is 1. The van der Waals surface area contributed by atoms with Gasteiger partial charge in [0.1, 0.15) is 0 Å². The summed E-state index contributed by atoms with van der Waals surface area (Å²) in [5.41, 5.74) is 2.44. The lowest BCUT2D eigenvalue weighted by atomic mass is 9.97. The van der Waals surface area contributed by atoms with Crippen molar-refractivity contribution in [2.24, 2.45) is 0 Å². The third kappa shape index (κ3) is 2.54. The molecule has 1 aromatic carbocycles. The fourth-order valence-corrected chi connectivity index (χ4v) is 4.10. The van der Waals surface area contributed by atoms with Crippen molar-refractivity contribution < 1.29 is 14.7 Å². The van der Waals surface area contributed by atoms with Crippen LogP contribution in [0.2, 0.25) is 0 Å². The number of aromatic carboxylic acids is 1. The molecule has 0 saturated carbocycles. The van der Waals surface area contributed by atoms with Gasteiger partial charge < -0.3 is 10.0 Å². The molecule has 2 aliphatic rings. The minimum Gasteiger partial charge on any atom is -0.478 e. The topological polar surface area (TPSA) is 57.6 Å². The molecule has 1 fully saturated rings. The van der Waals surface area contributed by atoms with Gasteiger partial charge in [0.2, 0.25) is 5.91 Å². The molecular weight excluding hydrogens is 274 g/mol. The van der Waals surface area contributed by atoms with Crippen LogP contribution in [0.4, 0.5) is 0 Å². The van der Waals surface area contributed by atoms with Crippen LogP contribution in [0, 0.1) is 0 Å². The van der Waals surface area contributed by atoms with Crippen molar-refractivity contribution in [2.45, 2.75) is 31.1 Å². The van der Waals surface area contributed by atoms with E-state index in [0.29, 0.717) is 12.1 Å². The standard InChI is InChI=1S/C15H17NO3S/c17-14(13-2-1-7-20-13)16-6-5-10-3-4-11(15(18)19)8-12(10)9-16/h3-4,8,13H,1-2,5-7,9H2,(H,18,19). The van der Waals surface area contributed by atoms with Crippen molar-refractivity contribution in [1.29, 1.82) is 0 Å². The number of fused-ring (bicyclic) bond motifs is 1. The van der Waals surface area contributed by atoms with Crippen molar-refractivity contribution in [2.75, 3.05) is 12.3 Å². The fourth-order valence-electron chi connectivity index (χ4n) is 2.85. The zero-order chi connectivity index (χ0) is 14.1. The van der Waals surface area contributed by atoms with Crippen LogP contribution >= 0.6 is 11.8 Å². The monoisotopic (exact) mass is 291 g/mol. The first-order valence-corrected chi connectivity index (χ1v) is 7.95. The molecule has 1 unspecified atom stereocenters. The number of carboxylic acids is 1. The smallest absolute Gasteiger partial charge is 0.335 e. The van der Waals surface area contributed by atoms with Crippen molar-refractivity contribution >= 4 is 23.6 Å². The number of carbonyl (C=O) groups excluding carboxylic acids is 1. The highest BCUT2D eigenvalue weighted by molar-refractivity contribution is 8.00. The first-order valence-electron chi connectivity index (χ1n) is 6.90. The van der Waals surface area contributed by atoms with E-state index in [2.05, 4.69) is 0 Å². The van der Waals surface area contributed by atoms with Gasteiger partial charge in [-0.05, 0) is 48.3 Å². The van der Waals surface area contributed by atoms with E-state index in [1.807, 2.05) is 11.0 Å². The van der Waals surface area contributed by atoms with Crippen molar-refractivity contribution in [1.82, 2.24) is 4.90 Å². The molecule has 0 radical (unpaired) electrons. The van der Waals surface area contributed by atoms with Gasteiger partial charge in [0.05, 0.1) is 10.8 Å². The SMILES string of the molecule is O=C(O)c1ccc2c(c1)CN(C(=O)C1CCCS1)CC2. The second kappa shape index (κ2) is 5.48. The van der Waals surface area contributed by atoms with Gasteiger partial charge in [0.15, 0.2) is 0 Å². The molecule has 0 spiro atoms. The summed E-state index contributed by atoms with van der Waals surface area (Å²) in [5, 5.41) is 9.16. The molecule has 0 aliphatic carbocycles. The summed E-state index contributed by atoms with van der Waals surface area (Å²) in [4.78, 5) is 25.3. The van der Waals surface area contributed by atoms with E-state index in [1.54, 1.807) is 23.9 Å². The summed E-state index contributed by atoms with van der Waals surface area (Å²) >= 11 is 1.75. The number of hydrogen-bond acceptors (Lipinski definition) is 3. The number of hydrogen-bond donors (Lipinski definition) is 1. The van der Waals surface area contributed by atoms with Crippen LogP contribution in [0.1, 0.15) is 34.3 Å². The van der Waals surface area contributed by atoms with Gasteiger partial charge in [-0.15, -0.1) is 11.8 Å². The highest BCUT2D eigenvalue weighted by atomic mass is 32.2. The lowest BCUT2D eigenvalue weighted by Crippen LogP contribution is -2.40. The van der Waals surface area contributed by atoms with Gasteiger partial charge >= 0.3 is 5.97 Å². The molecule has 106 valence electrons. The third-order valence-corrected chi connectivity index (χ3v) is 5.35. The predicted molar refractivity (Wildman–Crippen MR) is 78.0 cm³/mol.